The highest BCUT2D eigenvalue weighted by Crippen LogP contribution is 2.36. The van der Waals surface area contributed by atoms with Gasteiger partial charge in [0.2, 0.25) is 0 Å². The van der Waals surface area contributed by atoms with E-state index in [4.69, 9.17) is 4.74 Å². The Balaban J connectivity index is 1.99. The Bertz CT molecular complexity index is 1300. The van der Waals surface area contributed by atoms with Gasteiger partial charge in [-0.3, -0.25) is 0 Å². The quantitative estimate of drug-likeness (QED) is 0.153. The van der Waals surface area contributed by atoms with Crippen molar-refractivity contribution in [2.24, 2.45) is 0 Å². The molecule has 0 spiro atoms. The summed E-state index contributed by atoms with van der Waals surface area (Å²) in [4.78, 5) is 17.0. The number of hydrogen-bond donors (Lipinski definition) is 0. The minimum atomic E-state index is -4.69. The minimum absolute atomic E-state index is 0.0549. The molecule has 1 heterocycles. The van der Waals surface area contributed by atoms with Crippen LogP contribution in [-0.4, -0.2) is 11.0 Å². The van der Waals surface area contributed by atoms with Crippen LogP contribution in [0.3, 0.4) is 0 Å². The van der Waals surface area contributed by atoms with Crippen LogP contribution in [0.15, 0.2) is 66.7 Å². The number of rotatable bonds is 2. The number of halogens is 6. The number of esters is 1. The second-order valence-electron chi connectivity index (χ2n) is 6.65. The average Bonchev–Trinajstić information content (AvgIpc) is 2.70. The van der Waals surface area contributed by atoms with Crippen molar-refractivity contribution >= 4 is 27.8 Å². The monoisotopic (exact) mass is 435 g/mol. The predicted octanol–water partition coefficient (Wildman–Crippen LogP) is 6.64. The lowest BCUT2D eigenvalue weighted by atomic mass is 9.99. The van der Waals surface area contributed by atoms with E-state index in [2.05, 4.69) is 4.98 Å². The lowest BCUT2D eigenvalue weighted by molar-refractivity contribution is -0.138. The number of carbonyl (C=O) groups excluding carboxylic acids is 1. The number of benzene rings is 3. The van der Waals surface area contributed by atoms with E-state index in [0.29, 0.717) is 0 Å². The Morgan fingerprint density at radius 1 is 0.710 bits per heavy atom. The molecule has 0 atom stereocenters. The zero-order valence-electron chi connectivity index (χ0n) is 15.4. The van der Waals surface area contributed by atoms with E-state index in [1.807, 2.05) is 0 Å². The molecule has 9 heteroatoms. The first-order valence-electron chi connectivity index (χ1n) is 8.83. The smallest absolute Gasteiger partial charge is 0.416 e. The second-order valence-corrected chi connectivity index (χ2v) is 6.65. The fourth-order valence-corrected chi connectivity index (χ4v) is 3.16. The van der Waals surface area contributed by atoms with Gasteiger partial charge in [0.1, 0.15) is 5.75 Å². The molecular weight excluding hydrogens is 424 g/mol. The first-order valence-corrected chi connectivity index (χ1v) is 8.83. The zero-order valence-corrected chi connectivity index (χ0v) is 15.4. The number of aromatic nitrogens is 1. The molecule has 0 bridgehead atoms. The molecular formula is C22H11F6NO2. The summed E-state index contributed by atoms with van der Waals surface area (Å²) in [6, 6.07) is 12.8. The number of hydrogen-bond acceptors (Lipinski definition) is 3. The van der Waals surface area contributed by atoms with Gasteiger partial charge >= 0.3 is 18.3 Å². The van der Waals surface area contributed by atoms with Gasteiger partial charge in [-0.25, -0.2) is 9.78 Å². The van der Waals surface area contributed by atoms with Crippen LogP contribution < -0.4 is 4.74 Å². The predicted molar refractivity (Wildman–Crippen MR) is 101 cm³/mol. The summed E-state index contributed by atoms with van der Waals surface area (Å²) in [5.74, 6) is -0.882. The molecule has 3 nitrogen and oxygen atoms in total. The zero-order chi connectivity index (χ0) is 22.4. The van der Waals surface area contributed by atoms with Crippen LogP contribution in [-0.2, 0) is 12.4 Å². The van der Waals surface area contributed by atoms with Gasteiger partial charge in [0.15, 0.2) is 0 Å². The van der Waals surface area contributed by atoms with Crippen LogP contribution in [0.5, 0.6) is 5.75 Å². The largest absolute Gasteiger partial charge is 0.423 e. The van der Waals surface area contributed by atoms with Gasteiger partial charge in [-0.15, -0.1) is 0 Å². The lowest BCUT2D eigenvalue weighted by Crippen LogP contribution is -2.12. The first kappa shape index (κ1) is 20.6. The molecule has 158 valence electrons. The molecule has 4 rings (SSSR count). The van der Waals surface area contributed by atoms with Gasteiger partial charge in [0.25, 0.3) is 0 Å². The summed E-state index contributed by atoms with van der Waals surface area (Å²) < 4.78 is 84.3. The Morgan fingerprint density at radius 2 is 1.32 bits per heavy atom. The van der Waals surface area contributed by atoms with Crippen LogP contribution in [0, 0.1) is 0 Å². The van der Waals surface area contributed by atoms with Crippen molar-refractivity contribution in [2.45, 2.75) is 12.4 Å². The van der Waals surface area contributed by atoms with Gasteiger partial charge in [-0.05, 0) is 42.5 Å². The van der Waals surface area contributed by atoms with Crippen molar-refractivity contribution in [1.29, 1.82) is 0 Å². The van der Waals surface area contributed by atoms with E-state index in [9.17, 15) is 31.1 Å². The summed E-state index contributed by atoms with van der Waals surface area (Å²) in [5, 5.41) is -0.233. The topological polar surface area (TPSA) is 39.2 Å². The SMILES string of the molecule is O=C(Oc1ccccc1)c1c2ccc(C(F)(F)F)cc2nc2ccc(C(F)(F)F)cc12. The van der Waals surface area contributed by atoms with Gasteiger partial charge in [0.05, 0.1) is 27.7 Å². The van der Waals surface area contributed by atoms with Crippen LogP contribution >= 0.6 is 0 Å². The van der Waals surface area contributed by atoms with Crippen LogP contribution in [0.4, 0.5) is 26.3 Å². The number of carbonyl (C=O) groups is 1. The lowest BCUT2D eigenvalue weighted by Gasteiger charge is -2.14. The maximum Gasteiger partial charge on any atom is 0.416 e. The Labute approximate surface area is 170 Å². The van der Waals surface area contributed by atoms with E-state index in [0.717, 1.165) is 36.4 Å². The van der Waals surface area contributed by atoms with E-state index >= 15 is 0 Å². The molecule has 4 aromatic rings. The number of alkyl halides is 6. The van der Waals surface area contributed by atoms with Crippen LogP contribution in [0.1, 0.15) is 21.5 Å². The number of pyridine rings is 1. The van der Waals surface area contributed by atoms with E-state index in [1.165, 1.54) is 12.1 Å². The van der Waals surface area contributed by atoms with Crippen LogP contribution in [0.25, 0.3) is 21.8 Å². The highest BCUT2D eigenvalue weighted by Gasteiger charge is 2.33. The summed E-state index contributed by atoms with van der Waals surface area (Å²) >= 11 is 0. The summed E-state index contributed by atoms with van der Waals surface area (Å²) in [6.45, 7) is 0. The normalized spacial score (nSPS) is 12.3. The van der Waals surface area contributed by atoms with Gasteiger partial charge < -0.3 is 4.74 Å². The Morgan fingerprint density at radius 3 is 1.97 bits per heavy atom. The van der Waals surface area contributed by atoms with Gasteiger partial charge in [0, 0.05) is 10.8 Å². The molecule has 0 radical (unpaired) electrons. The van der Waals surface area contributed by atoms with Crippen molar-refractivity contribution < 1.29 is 35.9 Å². The van der Waals surface area contributed by atoms with Crippen molar-refractivity contribution in [1.82, 2.24) is 4.98 Å². The maximum atomic E-state index is 13.2. The van der Waals surface area contributed by atoms with Gasteiger partial charge in [-0.1, -0.05) is 24.3 Å². The van der Waals surface area contributed by atoms with Crippen LogP contribution in [0.2, 0.25) is 0 Å². The van der Waals surface area contributed by atoms with Crippen molar-refractivity contribution in [3.63, 3.8) is 0 Å². The summed E-state index contributed by atoms with van der Waals surface area (Å²) in [6.07, 6.45) is -9.35. The molecule has 0 unspecified atom stereocenters. The van der Waals surface area contributed by atoms with Crippen molar-refractivity contribution in [3.05, 3.63) is 83.4 Å². The third-order valence-electron chi connectivity index (χ3n) is 4.59. The molecule has 0 saturated heterocycles. The maximum absolute atomic E-state index is 13.2. The molecule has 0 saturated carbocycles. The molecule has 31 heavy (non-hydrogen) atoms. The summed E-state index contributed by atoms with van der Waals surface area (Å²) in [7, 11) is 0. The fraction of sp³-hybridized carbons (Fsp3) is 0.0909. The Kier molecular flexibility index (Phi) is 4.83. The van der Waals surface area contributed by atoms with Gasteiger partial charge in [-0.2, -0.15) is 26.3 Å². The Hall–Kier alpha value is -3.62. The second kappa shape index (κ2) is 7.26. The first-order chi connectivity index (χ1) is 14.5. The standard InChI is InChI=1S/C22H11F6NO2/c23-21(24,25)12-7-9-17-16(10-12)19(20(30)31-14-4-2-1-3-5-14)15-8-6-13(22(26,27)28)11-18(15)29-17/h1-11H. The fourth-order valence-electron chi connectivity index (χ4n) is 3.16. The number of ether oxygens (including phenoxy) is 1. The van der Waals surface area contributed by atoms with Crippen molar-refractivity contribution in [2.75, 3.05) is 0 Å². The summed E-state index contributed by atoms with van der Waals surface area (Å²) in [5.41, 5.74) is -2.59. The average molecular weight is 435 g/mol. The molecule has 0 N–H and O–H groups in total. The van der Waals surface area contributed by atoms with E-state index < -0.39 is 29.4 Å². The molecule has 0 aliphatic heterocycles. The molecule has 0 amide bonds. The molecule has 0 fully saturated rings. The van der Waals surface area contributed by atoms with E-state index in [-0.39, 0.29) is 33.1 Å². The number of para-hydroxylation sites is 1. The number of fused-ring (bicyclic) bond motifs is 2. The highest BCUT2D eigenvalue weighted by molar-refractivity contribution is 6.15. The molecule has 0 aliphatic rings. The van der Waals surface area contributed by atoms with E-state index in [1.54, 1.807) is 18.2 Å². The third-order valence-corrected chi connectivity index (χ3v) is 4.59. The molecule has 1 aromatic heterocycles. The highest BCUT2D eigenvalue weighted by atomic mass is 19.4. The van der Waals surface area contributed by atoms with Crippen molar-refractivity contribution in [3.8, 4) is 5.75 Å². The molecule has 0 aliphatic carbocycles. The molecule has 3 aromatic carbocycles. The number of nitrogens with zero attached hydrogens (tertiary/aromatic N) is 1. The third kappa shape index (κ3) is 4.03. The minimum Gasteiger partial charge on any atom is -0.423 e.